The molecule has 1 N–H and O–H groups in total. The van der Waals surface area contributed by atoms with Gasteiger partial charge in [0.15, 0.2) is 5.78 Å². The first-order valence-electron chi connectivity index (χ1n) is 7.42. The Morgan fingerprint density at radius 2 is 1.92 bits per heavy atom. The smallest absolute Gasteiger partial charge is 0.241 e. The summed E-state index contributed by atoms with van der Waals surface area (Å²) in [7, 11) is -3.80. The summed E-state index contributed by atoms with van der Waals surface area (Å²) in [6.07, 6.45) is 0.404. The molecule has 7 heteroatoms. The second kappa shape index (κ2) is 6.33. The number of hydrogen-bond donors (Lipinski definition) is 1. The molecular formula is C17H16FNO4S. The van der Waals surface area contributed by atoms with E-state index in [9.17, 15) is 17.6 Å². The number of fused-ring (bicyclic) bond motifs is 1. The van der Waals surface area contributed by atoms with Crippen LogP contribution in [0.15, 0.2) is 47.4 Å². The van der Waals surface area contributed by atoms with Crippen molar-refractivity contribution in [2.24, 2.45) is 0 Å². The average Bonchev–Trinajstić information content (AvgIpc) is 2.55. The van der Waals surface area contributed by atoms with Gasteiger partial charge in [0.05, 0.1) is 17.5 Å². The number of rotatable bonds is 4. The van der Waals surface area contributed by atoms with Gasteiger partial charge in [-0.15, -0.1) is 0 Å². The Bertz CT molecular complexity index is 878. The number of carbonyl (C=O) groups is 1. The third-order valence-electron chi connectivity index (χ3n) is 3.88. The van der Waals surface area contributed by atoms with Crippen molar-refractivity contribution < 1.29 is 22.3 Å². The molecule has 0 fully saturated rings. The Kier molecular flexibility index (Phi) is 4.38. The van der Waals surface area contributed by atoms with E-state index in [0.29, 0.717) is 29.9 Å². The minimum absolute atomic E-state index is 0.0527. The van der Waals surface area contributed by atoms with Crippen molar-refractivity contribution in [3.63, 3.8) is 0 Å². The van der Waals surface area contributed by atoms with Crippen LogP contribution in [0.25, 0.3) is 0 Å². The zero-order valence-electron chi connectivity index (χ0n) is 13.0. The Morgan fingerprint density at radius 3 is 2.58 bits per heavy atom. The predicted octanol–water partition coefficient (Wildman–Crippen LogP) is 2.83. The molecule has 2 aromatic rings. The second-order valence-corrected chi connectivity index (χ2v) is 7.29. The lowest BCUT2D eigenvalue weighted by Gasteiger charge is -2.26. The first-order valence-corrected chi connectivity index (χ1v) is 8.91. The van der Waals surface area contributed by atoms with Gasteiger partial charge in [-0.1, -0.05) is 12.1 Å². The molecule has 126 valence electrons. The summed E-state index contributed by atoms with van der Waals surface area (Å²) in [4.78, 5) is 11.3. The summed E-state index contributed by atoms with van der Waals surface area (Å²) in [5.41, 5.74) is 0.914. The molecule has 1 atom stereocenters. The molecule has 1 unspecified atom stereocenters. The molecule has 1 aliphatic heterocycles. The van der Waals surface area contributed by atoms with Crippen molar-refractivity contribution in [2.45, 2.75) is 24.3 Å². The summed E-state index contributed by atoms with van der Waals surface area (Å²) >= 11 is 0. The van der Waals surface area contributed by atoms with Gasteiger partial charge in [0.1, 0.15) is 11.6 Å². The Morgan fingerprint density at radius 1 is 1.21 bits per heavy atom. The highest BCUT2D eigenvalue weighted by molar-refractivity contribution is 7.89. The number of sulfonamides is 1. The molecular weight excluding hydrogens is 333 g/mol. The molecule has 1 aliphatic rings. The minimum atomic E-state index is -3.80. The molecule has 5 nitrogen and oxygen atoms in total. The lowest BCUT2D eigenvalue weighted by Crippen LogP contribution is -2.32. The third kappa shape index (κ3) is 3.32. The fourth-order valence-electron chi connectivity index (χ4n) is 2.61. The van der Waals surface area contributed by atoms with Crippen LogP contribution in [0.1, 0.15) is 35.3 Å². The molecule has 0 bridgehead atoms. The molecule has 0 saturated heterocycles. The molecule has 3 rings (SSSR count). The number of carbonyl (C=O) groups excluding carboxylic acids is 1. The highest BCUT2D eigenvalue weighted by atomic mass is 32.2. The maximum atomic E-state index is 13.5. The van der Waals surface area contributed by atoms with Gasteiger partial charge in [-0.05, 0) is 37.3 Å². The Balaban J connectivity index is 1.88. The van der Waals surface area contributed by atoms with E-state index in [0.717, 1.165) is 0 Å². The summed E-state index contributed by atoms with van der Waals surface area (Å²) in [6.45, 7) is 1.75. The highest BCUT2D eigenvalue weighted by Gasteiger charge is 2.27. The fourth-order valence-corrected chi connectivity index (χ4v) is 3.86. The molecule has 0 aromatic heterocycles. The fraction of sp³-hybridized carbons (Fsp3) is 0.235. The molecule has 1 heterocycles. The van der Waals surface area contributed by atoms with Gasteiger partial charge in [0.2, 0.25) is 10.0 Å². The van der Waals surface area contributed by atoms with Crippen LogP contribution in [0.2, 0.25) is 0 Å². The molecule has 0 aliphatic carbocycles. The van der Waals surface area contributed by atoms with E-state index >= 15 is 0 Å². The Labute approximate surface area is 139 Å². The number of halogens is 1. The molecule has 0 amide bonds. The number of ether oxygens (including phenoxy) is 1. The molecule has 24 heavy (non-hydrogen) atoms. The van der Waals surface area contributed by atoms with E-state index in [4.69, 9.17) is 4.74 Å². The minimum Gasteiger partial charge on any atom is -0.493 e. The molecule has 0 saturated carbocycles. The maximum Gasteiger partial charge on any atom is 0.241 e. The third-order valence-corrected chi connectivity index (χ3v) is 5.37. The van der Waals surface area contributed by atoms with Crippen LogP contribution in [-0.2, 0) is 10.0 Å². The summed E-state index contributed by atoms with van der Waals surface area (Å²) in [6, 6.07) is 9.17. The van der Waals surface area contributed by atoms with E-state index in [1.807, 2.05) is 0 Å². The van der Waals surface area contributed by atoms with E-state index in [2.05, 4.69) is 4.72 Å². The average molecular weight is 349 g/mol. The highest BCUT2D eigenvalue weighted by Crippen LogP contribution is 2.33. The largest absolute Gasteiger partial charge is 0.493 e. The van der Waals surface area contributed by atoms with E-state index in [1.54, 1.807) is 0 Å². The second-order valence-electron chi connectivity index (χ2n) is 5.57. The summed E-state index contributed by atoms with van der Waals surface area (Å²) in [5.74, 6) is -0.114. The predicted molar refractivity (Wildman–Crippen MR) is 86.0 cm³/mol. The Hall–Kier alpha value is -2.25. The first kappa shape index (κ1) is 16.6. The van der Waals surface area contributed by atoms with Crippen LogP contribution in [0.3, 0.4) is 0 Å². The lowest BCUT2D eigenvalue weighted by molar-refractivity contribution is 0.101. The molecule has 0 radical (unpaired) electrons. The zero-order valence-corrected chi connectivity index (χ0v) is 13.8. The van der Waals surface area contributed by atoms with Gasteiger partial charge >= 0.3 is 0 Å². The summed E-state index contributed by atoms with van der Waals surface area (Å²) < 4.78 is 46.6. The number of hydrogen-bond acceptors (Lipinski definition) is 4. The van der Waals surface area contributed by atoms with Gasteiger partial charge < -0.3 is 4.74 Å². The topological polar surface area (TPSA) is 72.5 Å². The quantitative estimate of drug-likeness (QED) is 0.862. The molecule has 2 aromatic carbocycles. The van der Waals surface area contributed by atoms with Crippen LogP contribution in [0.4, 0.5) is 4.39 Å². The van der Waals surface area contributed by atoms with Gasteiger partial charge in [-0.25, -0.2) is 17.5 Å². The van der Waals surface area contributed by atoms with Crippen LogP contribution < -0.4 is 9.46 Å². The zero-order chi connectivity index (χ0) is 17.3. The number of nitrogens with one attached hydrogen (secondary N) is 1. The van der Waals surface area contributed by atoms with Crippen molar-refractivity contribution in [3.8, 4) is 5.75 Å². The number of benzene rings is 2. The van der Waals surface area contributed by atoms with Crippen LogP contribution in [0, 0.1) is 5.82 Å². The standard InChI is InChI=1S/C17H16FNO4S/c1-11(20)12-2-5-14(6-3-12)24(21,22)19-16-8-9-23-17-7-4-13(18)10-15(16)17/h2-7,10,16,19H,8-9H2,1H3. The van der Waals surface area contributed by atoms with Crippen molar-refractivity contribution >= 4 is 15.8 Å². The lowest BCUT2D eigenvalue weighted by atomic mass is 10.0. The normalized spacial score (nSPS) is 17.0. The van der Waals surface area contributed by atoms with E-state index in [1.165, 1.54) is 49.4 Å². The van der Waals surface area contributed by atoms with Crippen LogP contribution >= 0.6 is 0 Å². The van der Waals surface area contributed by atoms with Crippen LogP contribution in [0.5, 0.6) is 5.75 Å². The maximum absolute atomic E-state index is 13.5. The summed E-state index contributed by atoms with van der Waals surface area (Å²) in [5, 5.41) is 0. The van der Waals surface area contributed by atoms with Crippen molar-refractivity contribution in [1.82, 2.24) is 4.72 Å². The molecule has 0 spiro atoms. The number of ketones is 1. The monoisotopic (exact) mass is 349 g/mol. The SMILES string of the molecule is CC(=O)c1ccc(S(=O)(=O)NC2CCOc3ccc(F)cc32)cc1. The number of Topliss-reactive ketones (excluding diaryl/α,β-unsaturated/α-hetero) is 1. The van der Waals surface area contributed by atoms with Crippen molar-refractivity contribution in [1.29, 1.82) is 0 Å². The van der Waals surface area contributed by atoms with Gasteiger partial charge in [0, 0.05) is 17.5 Å². The first-order chi connectivity index (χ1) is 11.4. The van der Waals surface area contributed by atoms with Gasteiger partial charge in [-0.3, -0.25) is 4.79 Å². The van der Waals surface area contributed by atoms with Gasteiger partial charge in [0.25, 0.3) is 0 Å². The van der Waals surface area contributed by atoms with Gasteiger partial charge in [-0.2, -0.15) is 0 Å². The van der Waals surface area contributed by atoms with E-state index in [-0.39, 0.29) is 10.7 Å². The van der Waals surface area contributed by atoms with Crippen molar-refractivity contribution in [3.05, 3.63) is 59.4 Å². The van der Waals surface area contributed by atoms with Crippen LogP contribution in [-0.4, -0.2) is 20.8 Å². The van der Waals surface area contributed by atoms with Crippen molar-refractivity contribution in [2.75, 3.05) is 6.61 Å². The van der Waals surface area contributed by atoms with E-state index < -0.39 is 21.9 Å².